The van der Waals surface area contributed by atoms with E-state index in [1.807, 2.05) is 6.07 Å². The molecule has 24 heavy (non-hydrogen) atoms. The molecule has 1 fully saturated rings. The van der Waals surface area contributed by atoms with Gasteiger partial charge in [0.15, 0.2) is 5.82 Å². The van der Waals surface area contributed by atoms with Crippen molar-refractivity contribution in [3.63, 3.8) is 0 Å². The summed E-state index contributed by atoms with van der Waals surface area (Å²) in [6, 6.07) is 5.40. The van der Waals surface area contributed by atoms with Crippen LogP contribution in [0.3, 0.4) is 0 Å². The van der Waals surface area contributed by atoms with Crippen LogP contribution in [0.2, 0.25) is 0 Å². The van der Waals surface area contributed by atoms with Crippen LogP contribution in [0.4, 0.5) is 0 Å². The Morgan fingerprint density at radius 1 is 1.38 bits per heavy atom. The lowest BCUT2D eigenvalue weighted by Gasteiger charge is -2.34. The Hall–Kier alpha value is -1.77. The largest absolute Gasteiger partial charge is 0.337 e. The molecule has 2 heterocycles. The summed E-state index contributed by atoms with van der Waals surface area (Å²) in [5, 5.41) is 4.50. The van der Waals surface area contributed by atoms with Crippen LogP contribution in [0.1, 0.15) is 31.0 Å². The first-order valence-corrected chi connectivity index (χ1v) is 8.11. The monoisotopic (exact) mass is 411 g/mol. The summed E-state index contributed by atoms with van der Waals surface area (Å²) >= 11 is 3.37. The number of benzene rings is 1. The van der Waals surface area contributed by atoms with Gasteiger partial charge in [-0.1, -0.05) is 21.1 Å². The minimum Gasteiger partial charge on any atom is -0.337 e. The molecule has 2 N–H and O–H groups in total. The molecule has 0 bridgehead atoms. The minimum atomic E-state index is -0.473. The van der Waals surface area contributed by atoms with Crippen LogP contribution in [-0.4, -0.2) is 19.7 Å². The van der Waals surface area contributed by atoms with E-state index >= 15 is 0 Å². The highest BCUT2D eigenvalue weighted by Gasteiger charge is 2.38. The second kappa shape index (κ2) is 6.27. The van der Waals surface area contributed by atoms with E-state index in [-0.39, 0.29) is 24.5 Å². The number of nitrogens with two attached hydrogens (primary N) is 1. The highest BCUT2D eigenvalue weighted by Crippen LogP contribution is 2.36. The lowest BCUT2D eigenvalue weighted by Crippen LogP contribution is -2.44. The van der Waals surface area contributed by atoms with Crippen LogP contribution in [-0.2, 0) is 12.1 Å². The fourth-order valence-corrected chi connectivity index (χ4v) is 3.05. The zero-order chi connectivity index (χ0) is 16.0. The first-order valence-electron chi connectivity index (χ1n) is 7.32. The molecule has 1 aliphatic rings. The molecule has 3 aromatic rings. The Kier molecular flexibility index (Phi) is 4.46. The number of fused-ring (bicyclic) bond motifs is 1. The Bertz CT molecular complexity index is 950. The van der Waals surface area contributed by atoms with Crippen molar-refractivity contribution < 1.29 is 4.52 Å². The Morgan fingerprint density at radius 2 is 2.17 bits per heavy atom. The number of halogens is 2. The third-order valence-electron chi connectivity index (χ3n) is 4.25. The molecule has 9 heteroatoms. The van der Waals surface area contributed by atoms with E-state index in [1.54, 1.807) is 12.1 Å². The van der Waals surface area contributed by atoms with Gasteiger partial charge in [-0.3, -0.25) is 9.36 Å². The number of hydrogen-bond donors (Lipinski definition) is 1. The van der Waals surface area contributed by atoms with E-state index < -0.39 is 5.54 Å². The molecular weight excluding hydrogens is 398 g/mol. The summed E-state index contributed by atoms with van der Waals surface area (Å²) < 4.78 is 7.53. The molecule has 7 nitrogen and oxygen atoms in total. The average Bonchev–Trinajstić information content (AvgIpc) is 2.97. The van der Waals surface area contributed by atoms with Crippen molar-refractivity contribution >= 4 is 39.2 Å². The molecule has 0 amide bonds. The number of nitrogens with zero attached hydrogens (tertiary/aromatic N) is 4. The van der Waals surface area contributed by atoms with Crippen molar-refractivity contribution in [3.8, 4) is 0 Å². The van der Waals surface area contributed by atoms with Gasteiger partial charge < -0.3 is 10.3 Å². The van der Waals surface area contributed by atoms with Gasteiger partial charge in [-0.15, -0.1) is 12.4 Å². The van der Waals surface area contributed by atoms with Crippen LogP contribution in [0.5, 0.6) is 0 Å². The summed E-state index contributed by atoms with van der Waals surface area (Å²) in [6.45, 7) is 0.178. The molecule has 4 rings (SSSR count). The van der Waals surface area contributed by atoms with Crippen LogP contribution in [0, 0.1) is 0 Å². The molecule has 0 atom stereocenters. The second-order valence-electron chi connectivity index (χ2n) is 5.86. The SMILES string of the molecule is Cl.NC1(c2noc(Cn3cnc4ccc(Br)cc4c3=O)n2)CCC1. The lowest BCUT2D eigenvalue weighted by atomic mass is 9.77. The van der Waals surface area contributed by atoms with Gasteiger partial charge in [-0.2, -0.15) is 4.98 Å². The van der Waals surface area contributed by atoms with Crippen LogP contribution in [0.15, 0.2) is 38.3 Å². The topological polar surface area (TPSA) is 99.8 Å². The fraction of sp³-hybridized carbons (Fsp3) is 0.333. The second-order valence-corrected chi connectivity index (χ2v) is 6.78. The van der Waals surface area contributed by atoms with Gasteiger partial charge in [-0.25, -0.2) is 4.98 Å². The summed E-state index contributed by atoms with van der Waals surface area (Å²) in [6.07, 6.45) is 4.28. The predicted octanol–water partition coefficient (Wildman–Crippen LogP) is 2.35. The Morgan fingerprint density at radius 3 is 2.88 bits per heavy atom. The molecule has 1 saturated carbocycles. The van der Waals surface area contributed by atoms with Gasteiger partial charge in [0.05, 0.1) is 22.8 Å². The van der Waals surface area contributed by atoms with Crippen LogP contribution in [0.25, 0.3) is 10.9 Å². The molecule has 126 valence electrons. The summed E-state index contributed by atoms with van der Waals surface area (Å²) in [5.41, 5.74) is 6.21. The third kappa shape index (κ3) is 2.85. The molecule has 1 aromatic carbocycles. The maximum Gasteiger partial charge on any atom is 0.261 e. The van der Waals surface area contributed by atoms with Gasteiger partial charge in [-0.05, 0) is 37.5 Å². The van der Waals surface area contributed by atoms with Crippen LogP contribution < -0.4 is 11.3 Å². The third-order valence-corrected chi connectivity index (χ3v) is 4.74. The molecule has 0 aliphatic heterocycles. The quantitative estimate of drug-likeness (QED) is 0.709. The summed E-state index contributed by atoms with van der Waals surface area (Å²) in [5.74, 6) is 0.873. The summed E-state index contributed by atoms with van der Waals surface area (Å²) in [7, 11) is 0. The number of rotatable bonds is 3. The molecule has 1 aliphatic carbocycles. The predicted molar refractivity (Wildman–Crippen MR) is 94.1 cm³/mol. The van der Waals surface area contributed by atoms with Gasteiger partial charge in [0.1, 0.15) is 6.54 Å². The van der Waals surface area contributed by atoms with Crippen molar-refractivity contribution in [3.05, 3.63) is 51.1 Å². The fourth-order valence-electron chi connectivity index (χ4n) is 2.69. The maximum atomic E-state index is 12.5. The molecule has 0 unspecified atom stereocenters. The standard InChI is InChI=1S/C15H14BrN5O2.ClH/c16-9-2-3-11-10(6-9)13(22)21(8-18-11)7-12-19-14(20-23-12)15(17)4-1-5-15;/h2-3,6,8H,1,4-5,7,17H2;1H. The van der Waals surface area contributed by atoms with Gasteiger partial charge >= 0.3 is 0 Å². The smallest absolute Gasteiger partial charge is 0.261 e. The van der Waals surface area contributed by atoms with Gasteiger partial charge in [0, 0.05) is 4.47 Å². The first-order chi connectivity index (χ1) is 11.0. The normalized spacial score (nSPS) is 15.8. The molecule has 2 aromatic heterocycles. The number of hydrogen-bond acceptors (Lipinski definition) is 6. The zero-order valence-electron chi connectivity index (χ0n) is 12.6. The van der Waals surface area contributed by atoms with Crippen molar-refractivity contribution in [1.29, 1.82) is 0 Å². The van der Waals surface area contributed by atoms with E-state index in [4.69, 9.17) is 10.3 Å². The highest BCUT2D eigenvalue weighted by atomic mass is 79.9. The van der Waals surface area contributed by atoms with Gasteiger partial charge in [0.25, 0.3) is 5.56 Å². The average molecular weight is 413 g/mol. The van der Waals surface area contributed by atoms with Gasteiger partial charge in [0.2, 0.25) is 5.89 Å². The van der Waals surface area contributed by atoms with Crippen LogP contribution >= 0.6 is 28.3 Å². The molecular formula is C15H15BrClN5O2. The van der Waals surface area contributed by atoms with E-state index in [9.17, 15) is 4.79 Å². The first kappa shape index (κ1) is 17.1. The van der Waals surface area contributed by atoms with Crippen molar-refractivity contribution in [2.24, 2.45) is 5.73 Å². The van der Waals surface area contributed by atoms with E-state index in [1.165, 1.54) is 10.9 Å². The molecule has 0 spiro atoms. The Balaban J connectivity index is 0.00000169. The van der Waals surface area contributed by atoms with E-state index in [0.717, 1.165) is 23.7 Å². The molecule has 0 radical (unpaired) electrons. The van der Waals surface area contributed by atoms with Crippen molar-refractivity contribution in [2.75, 3.05) is 0 Å². The van der Waals surface area contributed by atoms with Crippen molar-refractivity contribution in [1.82, 2.24) is 19.7 Å². The number of aromatic nitrogens is 4. The highest BCUT2D eigenvalue weighted by molar-refractivity contribution is 9.10. The lowest BCUT2D eigenvalue weighted by molar-refractivity contribution is 0.228. The maximum absolute atomic E-state index is 12.5. The Labute approximate surface area is 151 Å². The van der Waals surface area contributed by atoms with E-state index in [0.29, 0.717) is 22.6 Å². The van der Waals surface area contributed by atoms with E-state index in [2.05, 4.69) is 31.1 Å². The zero-order valence-corrected chi connectivity index (χ0v) is 15.0. The van der Waals surface area contributed by atoms with Crippen molar-refractivity contribution in [2.45, 2.75) is 31.3 Å². The summed E-state index contributed by atoms with van der Waals surface area (Å²) in [4.78, 5) is 21.2. The minimum absolute atomic E-state index is 0. The molecule has 0 saturated heterocycles.